The van der Waals surface area contributed by atoms with Crippen LogP contribution in [0.25, 0.3) is 22.2 Å². The monoisotopic (exact) mass is 687 g/mol. The van der Waals surface area contributed by atoms with Crippen LogP contribution in [0.1, 0.15) is 50.7 Å². The van der Waals surface area contributed by atoms with Crippen LogP contribution in [0.4, 0.5) is 46.6 Å². The van der Waals surface area contributed by atoms with Gasteiger partial charge >= 0.3 is 18.4 Å². The number of halogens is 8. The number of hydrogen-bond acceptors (Lipinski definition) is 9. The van der Waals surface area contributed by atoms with E-state index in [0.29, 0.717) is 32.1 Å². The second-order valence-electron chi connectivity index (χ2n) is 13.0. The molecule has 3 N–H and O–H groups in total. The number of rotatable bonds is 5. The summed E-state index contributed by atoms with van der Waals surface area (Å²) in [6, 6.07) is 0.0247. The van der Waals surface area contributed by atoms with E-state index < -0.39 is 75.6 Å². The van der Waals surface area contributed by atoms with E-state index in [4.69, 9.17) is 15.2 Å². The van der Waals surface area contributed by atoms with Crippen LogP contribution in [0.15, 0.2) is 12.1 Å². The van der Waals surface area contributed by atoms with Gasteiger partial charge in [0.2, 0.25) is 5.88 Å². The number of nitrogen functional groups attached to an aromatic ring is 1. The van der Waals surface area contributed by atoms with Crippen LogP contribution in [-0.2, 0) is 12.4 Å². The number of fused-ring (bicyclic) bond motifs is 3. The van der Waals surface area contributed by atoms with Crippen molar-refractivity contribution in [3.63, 3.8) is 0 Å². The Morgan fingerprint density at radius 3 is 2.58 bits per heavy atom. The third kappa shape index (κ3) is 5.42. The van der Waals surface area contributed by atoms with Crippen molar-refractivity contribution in [2.45, 2.75) is 81.8 Å². The zero-order chi connectivity index (χ0) is 34.3. The van der Waals surface area contributed by atoms with Gasteiger partial charge in [0.1, 0.15) is 41.3 Å². The average molecular weight is 688 g/mol. The van der Waals surface area contributed by atoms with E-state index in [1.165, 1.54) is 0 Å². The first-order chi connectivity index (χ1) is 22.6. The van der Waals surface area contributed by atoms with Crippen molar-refractivity contribution in [1.29, 1.82) is 0 Å². The fourth-order valence-corrected chi connectivity index (χ4v) is 7.69. The minimum Gasteiger partial charge on any atom is -0.472 e. The average Bonchev–Trinajstić information content (AvgIpc) is 3.51. The molecule has 17 heteroatoms. The molecule has 0 unspecified atom stereocenters. The van der Waals surface area contributed by atoms with E-state index in [2.05, 4.69) is 20.3 Å². The molecule has 4 aliphatic rings. The molecular weight excluding hydrogens is 654 g/mol. The van der Waals surface area contributed by atoms with Gasteiger partial charge in [0.05, 0.1) is 22.7 Å². The summed E-state index contributed by atoms with van der Waals surface area (Å²) in [7, 11) is 0. The Morgan fingerprint density at radius 1 is 1.10 bits per heavy atom. The van der Waals surface area contributed by atoms with Gasteiger partial charge in [-0.3, -0.25) is 4.90 Å². The lowest BCUT2D eigenvalue weighted by Crippen LogP contribution is -2.60. The second-order valence-corrected chi connectivity index (χ2v) is 13.0. The molecule has 5 atom stereocenters. The number of benzene rings is 1. The van der Waals surface area contributed by atoms with E-state index in [9.17, 15) is 30.7 Å². The van der Waals surface area contributed by atoms with Crippen LogP contribution in [0, 0.1) is 5.82 Å². The Labute approximate surface area is 269 Å². The number of hydrogen-bond donors (Lipinski definition) is 2. The molecule has 0 aliphatic carbocycles. The highest BCUT2D eigenvalue weighted by atomic mass is 19.4. The molecule has 6 heterocycles. The number of anilines is 2. The van der Waals surface area contributed by atoms with Crippen molar-refractivity contribution in [2.24, 2.45) is 0 Å². The predicted molar refractivity (Wildman–Crippen MR) is 159 cm³/mol. The number of ether oxygens (including phenoxy) is 2. The summed E-state index contributed by atoms with van der Waals surface area (Å²) in [4.78, 5) is 16.9. The largest absolute Gasteiger partial charge is 0.472 e. The maximum Gasteiger partial charge on any atom is 0.417 e. The first kappa shape index (κ1) is 32.8. The van der Waals surface area contributed by atoms with Gasteiger partial charge in [-0.25, -0.2) is 13.8 Å². The number of nitrogens with one attached hydrogen (secondary N) is 1. The van der Waals surface area contributed by atoms with E-state index in [1.807, 2.05) is 16.7 Å². The molecular formula is C31H33F8N7O2. The molecule has 2 aromatic heterocycles. The molecule has 48 heavy (non-hydrogen) atoms. The van der Waals surface area contributed by atoms with Crippen LogP contribution in [-0.4, -0.2) is 82.5 Å². The highest BCUT2D eigenvalue weighted by Gasteiger charge is 2.50. The van der Waals surface area contributed by atoms with Gasteiger partial charge in [-0.2, -0.15) is 36.3 Å². The van der Waals surface area contributed by atoms with Gasteiger partial charge in [-0.1, -0.05) is 6.92 Å². The zero-order valence-electron chi connectivity index (χ0n) is 26.0. The number of nitrogens with zero attached hydrogens (tertiary/aromatic N) is 5. The van der Waals surface area contributed by atoms with E-state index in [-0.39, 0.29) is 54.8 Å². The molecule has 7 rings (SSSR count). The summed E-state index contributed by atoms with van der Waals surface area (Å²) in [5, 5.41) is 3.35. The molecule has 0 radical (unpaired) electrons. The molecule has 3 fully saturated rings. The third-order valence-corrected chi connectivity index (χ3v) is 9.99. The lowest BCUT2D eigenvalue weighted by Gasteiger charge is -2.42. The van der Waals surface area contributed by atoms with E-state index >= 15 is 4.39 Å². The van der Waals surface area contributed by atoms with Crippen molar-refractivity contribution in [3.8, 4) is 23.1 Å². The lowest BCUT2D eigenvalue weighted by atomic mass is 9.95. The summed E-state index contributed by atoms with van der Waals surface area (Å²) >= 11 is 0. The summed E-state index contributed by atoms with van der Waals surface area (Å²) in [5.41, 5.74) is -2.73. The van der Waals surface area contributed by atoms with Crippen molar-refractivity contribution in [1.82, 2.24) is 25.2 Å². The van der Waals surface area contributed by atoms with E-state index in [0.717, 1.165) is 12.8 Å². The molecule has 1 aromatic carbocycles. The van der Waals surface area contributed by atoms with Crippen molar-refractivity contribution >= 4 is 22.4 Å². The Hall–Kier alpha value is -3.73. The quantitative estimate of drug-likeness (QED) is 0.257. The van der Waals surface area contributed by atoms with Crippen LogP contribution in [0.3, 0.4) is 0 Å². The van der Waals surface area contributed by atoms with Gasteiger partial charge in [0, 0.05) is 43.3 Å². The minimum atomic E-state index is -5.58. The molecule has 9 nitrogen and oxygen atoms in total. The maximum atomic E-state index is 16.7. The zero-order valence-corrected chi connectivity index (χ0v) is 26.0. The Morgan fingerprint density at radius 2 is 1.88 bits per heavy atom. The third-order valence-electron chi connectivity index (χ3n) is 9.99. The molecule has 0 saturated carbocycles. The number of piperazine rings is 1. The van der Waals surface area contributed by atoms with Gasteiger partial charge in [0.15, 0.2) is 5.82 Å². The number of nitrogens with two attached hydrogens (primary N) is 1. The van der Waals surface area contributed by atoms with Gasteiger partial charge in [-0.15, -0.1) is 0 Å². The van der Waals surface area contributed by atoms with E-state index in [1.54, 1.807) is 6.92 Å². The van der Waals surface area contributed by atoms with Gasteiger partial charge in [-0.05, 0) is 44.9 Å². The highest BCUT2D eigenvalue weighted by Crippen LogP contribution is 2.49. The predicted octanol–water partition coefficient (Wildman–Crippen LogP) is 5.74. The minimum absolute atomic E-state index is 0.00481. The SMILES string of the molecule is CC[C@@H]1CN2c3nc(OC[C@@]45CCCN4C[C@H](F)C5)nc4c(F)c(-c5cc(N)cc(C(F)(F)F)c5C(F)(F)F)nc(c34)O[C@@H](C)[C@@H]2CN1. The second kappa shape index (κ2) is 11.4. The Kier molecular flexibility index (Phi) is 7.81. The van der Waals surface area contributed by atoms with Crippen LogP contribution in [0.5, 0.6) is 11.9 Å². The smallest absolute Gasteiger partial charge is 0.417 e. The first-order valence-electron chi connectivity index (χ1n) is 15.8. The molecule has 3 aromatic rings. The van der Waals surface area contributed by atoms with Crippen molar-refractivity contribution in [2.75, 3.05) is 43.4 Å². The first-order valence-corrected chi connectivity index (χ1v) is 15.8. The molecule has 0 amide bonds. The van der Waals surface area contributed by atoms with Crippen molar-refractivity contribution < 1.29 is 44.6 Å². The van der Waals surface area contributed by atoms with Crippen LogP contribution in [0.2, 0.25) is 0 Å². The standard InChI is InChI=1S/C31H33F8N7O2/c1-3-17-12-46-20(10-41-17)14(2)48-27-21-25(43-28(44-26(21)46)47-13-29-5-4-6-45(29)11-15(32)9-29)23(33)24(42-27)18-7-16(40)8-19(30(34,35)36)22(18)31(37,38)39/h7-8,14-15,17,20,41H,3-6,9-13,40H2,1-2H3/t14-,15+,17+,20-,29-/m0/s1. The number of alkyl halides is 7. The summed E-state index contributed by atoms with van der Waals surface area (Å²) in [5.74, 6) is -1.63. The topological polar surface area (TPSA) is 102 Å². The molecule has 0 bridgehead atoms. The Balaban J connectivity index is 1.45. The maximum absolute atomic E-state index is 16.7. The lowest BCUT2D eigenvalue weighted by molar-refractivity contribution is -0.161. The molecule has 3 saturated heterocycles. The fraction of sp³-hybridized carbons (Fsp3) is 0.581. The Bertz CT molecular complexity index is 1750. The molecule has 260 valence electrons. The molecule has 0 spiro atoms. The number of aromatic nitrogens is 3. The van der Waals surface area contributed by atoms with Crippen LogP contribution < -0.4 is 25.4 Å². The van der Waals surface area contributed by atoms with Crippen LogP contribution >= 0.6 is 0 Å². The highest BCUT2D eigenvalue weighted by molar-refractivity contribution is 5.97. The van der Waals surface area contributed by atoms with Crippen molar-refractivity contribution in [3.05, 3.63) is 29.1 Å². The number of pyridine rings is 1. The fourth-order valence-electron chi connectivity index (χ4n) is 7.69. The van der Waals surface area contributed by atoms with Gasteiger partial charge < -0.3 is 25.4 Å². The van der Waals surface area contributed by atoms with Gasteiger partial charge in [0.25, 0.3) is 0 Å². The molecule has 4 aliphatic heterocycles. The summed E-state index contributed by atoms with van der Waals surface area (Å²) < 4.78 is 128. The normalized spacial score (nSPS) is 27.5. The summed E-state index contributed by atoms with van der Waals surface area (Å²) in [6.45, 7) is 5.38. The summed E-state index contributed by atoms with van der Waals surface area (Å²) in [6.07, 6.45) is -10.4.